The molecule has 0 amide bonds. The molecule has 1 aromatic carbocycles. The van der Waals surface area contributed by atoms with Crippen molar-refractivity contribution in [2.24, 2.45) is 0 Å². The monoisotopic (exact) mass is 259 g/mol. The highest BCUT2D eigenvalue weighted by molar-refractivity contribution is 5.27. The van der Waals surface area contributed by atoms with Gasteiger partial charge < -0.3 is 10.4 Å². The van der Waals surface area contributed by atoms with Gasteiger partial charge in [-0.3, -0.25) is 0 Å². The van der Waals surface area contributed by atoms with Gasteiger partial charge in [0, 0.05) is 12.6 Å². The van der Waals surface area contributed by atoms with Gasteiger partial charge in [0.15, 0.2) is 0 Å². The quantitative estimate of drug-likeness (QED) is 0.870. The lowest BCUT2D eigenvalue weighted by molar-refractivity contribution is 0.0405. The largest absolute Gasteiger partial charge is 0.389 e. The Kier molecular flexibility index (Phi) is 3.64. The van der Waals surface area contributed by atoms with E-state index in [0.717, 1.165) is 25.3 Å². The molecule has 0 unspecified atom stereocenters. The minimum absolute atomic E-state index is 0.408. The molecular weight excluding hydrogens is 234 g/mol. The first kappa shape index (κ1) is 13.1. The third-order valence-corrected chi connectivity index (χ3v) is 4.91. The zero-order chi connectivity index (χ0) is 13.3. The maximum Gasteiger partial charge on any atom is 0.0771 e. The molecule has 2 saturated carbocycles. The number of aryl methyl sites for hydroxylation is 1. The maximum absolute atomic E-state index is 10.3. The van der Waals surface area contributed by atoms with Gasteiger partial charge in [0.25, 0.3) is 0 Å². The van der Waals surface area contributed by atoms with Gasteiger partial charge in [0.05, 0.1) is 5.60 Å². The molecule has 3 rings (SSSR count). The number of benzene rings is 1. The maximum atomic E-state index is 10.3. The van der Waals surface area contributed by atoms with Gasteiger partial charge in [-0.1, -0.05) is 42.7 Å². The lowest BCUT2D eigenvalue weighted by Crippen LogP contribution is -2.47. The van der Waals surface area contributed by atoms with Crippen molar-refractivity contribution < 1.29 is 5.11 Å². The Bertz CT molecular complexity index is 431. The topological polar surface area (TPSA) is 32.3 Å². The number of hydrogen-bond acceptors (Lipinski definition) is 2. The molecule has 0 heterocycles. The SMILES string of the molecule is Cc1cccc(C2CC(NCC3(O)CCCC3)C2)c1. The van der Waals surface area contributed by atoms with Crippen LogP contribution in [0.2, 0.25) is 0 Å². The fourth-order valence-corrected chi connectivity index (χ4v) is 3.52. The van der Waals surface area contributed by atoms with E-state index >= 15 is 0 Å². The molecule has 2 N–H and O–H groups in total. The molecule has 104 valence electrons. The summed E-state index contributed by atoms with van der Waals surface area (Å²) in [6.07, 6.45) is 6.78. The molecule has 19 heavy (non-hydrogen) atoms. The second-order valence-corrected chi connectivity index (χ2v) is 6.59. The third-order valence-electron chi connectivity index (χ3n) is 4.91. The molecule has 0 aliphatic heterocycles. The van der Waals surface area contributed by atoms with Crippen molar-refractivity contribution in [3.63, 3.8) is 0 Å². The summed E-state index contributed by atoms with van der Waals surface area (Å²) >= 11 is 0. The van der Waals surface area contributed by atoms with Crippen molar-refractivity contribution in [1.29, 1.82) is 0 Å². The van der Waals surface area contributed by atoms with Gasteiger partial charge in [-0.15, -0.1) is 0 Å². The summed E-state index contributed by atoms with van der Waals surface area (Å²) in [7, 11) is 0. The van der Waals surface area contributed by atoms with E-state index in [0.29, 0.717) is 6.04 Å². The van der Waals surface area contributed by atoms with Crippen molar-refractivity contribution in [3.8, 4) is 0 Å². The van der Waals surface area contributed by atoms with E-state index in [1.54, 1.807) is 0 Å². The molecule has 0 atom stereocenters. The molecule has 0 radical (unpaired) electrons. The van der Waals surface area contributed by atoms with E-state index < -0.39 is 5.60 Å². The van der Waals surface area contributed by atoms with E-state index in [9.17, 15) is 5.11 Å². The van der Waals surface area contributed by atoms with E-state index in [1.165, 1.54) is 36.8 Å². The molecule has 0 bridgehead atoms. The molecule has 2 fully saturated rings. The van der Waals surface area contributed by atoms with E-state index in [2.05, 4.69) is 36.5 Å². The molecule has 2 aliphatic carbocycles. The number of nitrogens with one attached hydrogen (secondary N) is 1. The normalized spacial score (nSPS) is 29.2. The first-order valence-corrected chi connectivity index (χ1v) is 7.67. The third kappa shape index (κ3) is 3.01. The first-order chi connectivity index (χ1) is 9.15. The standard InChI is InChI=1S/C17H25NO/c1-13-5-4-6-14(9-13)15-10-16(11-15)18-12-17(19)7-2-3-8-17/h4-6,9,15-16,18-19H,2-3,7-8,10-12H2,1H3. The van der Waals surface area contributed by atoms with Crippen LogP contribution in [0.3, 0.4) is 0 Å². The highest BCUT2D eigenvalue weighted by Crippen LogP contribution is 2.37. The number of aliphatic hydroxyl groups is 1. The zero-order valence-corrected chi connectivity index (χ0v) is 11.9. The smallest absolute Gasteiger partial charge is 0.0771 e. The lowest BCUT2D eigenvalue weighted by atomic mass is 9.75. The molecule has 0 aromatic heterocycles. The Balaban J connectivity index is 1.45. The fourth-order valence-electron chi connectivity index (χ4n) is 3.52. The van der Waals surface area contributed by atoms with E-state index in [1.807, 2.05) is 0 Å². The van der Waals surface area contributed by atoms with Crippen LogP contribution in [0.4, 0.5) is 0 Å². The molecule has 2 nitrogen and oxygen atoms in total. The summed E-state index contributed by atoms with van der Waals surface area (Å²) in [4.78, 5) is 0. The minimum Gasteiger partial charge on any atom is -0.389 e. The van der Waals surface area contributed by atoms with Crippen molar-refractivity contribution >= 4 is 0 Å². The summed E-state index contributed by atoms with van der Waals surface area (Å²) in [6, 6.07) is 9.49. The molecule has 2 aliphatic rings. The Hall–Kier alpha value is -0.860. The van der Waals surface area contributed by atoms with Crippen LogP contribution in [-0.4, -0.2) is 23.3 Å². The summed E-state index contributed by atoms with van der Waals surface area (Å²) in [5.74, 6) is 0.718. The van der Waals surface area contributed by atoms with E-state index in [4.69, 9.17) is 0 Å². The van der Waals surface area contributed by atoms with Gasteiger partial charge in [0.1, 0.15) is 0 Å². The minimum atomic E-state index is -0.408. The molecule has 0 saturated heterocycles. The van der Waals surface area contributed by atoms with Gasteiger partial charge in [-0.05, 0) is 44.1 Å². The molecule has 2 heteroatoms. The van der Waals surface area contributed by atoms with Crippen molar-refractivity contribution in [1.82, 2.24) is 5.32 Å². The van der Waals surface area contributed by atoms with Crippen LogP contribution in [0.1, 0.15) is 55.6 Å². The predicted molar refractivity (Wildman–Crippen MR) is 78.4 cm³/mol. The number of rotatable bonds is 4. The molecule has 0 spiro atoms. The second-order valence-electron chi connectivity index (χ2n) is 6.59. The zero-order valence-electron chi connectivity index (χ0n) is 11.9. The van der Waals surface area contributed by atoms with Crippen LogP contribution in [0.25, 0.3) is 0 Å². The highest BCUT2D eigenvalue weighted by atomic mass is 16.3. The second kappa shape index (κ2) is 5.26. The van der Waals surface area contributed by atoms with Gasteiger partial charge in [-0.2, -0.15) is 0 Å². The average Bonchev–Trinajstić information content (AvgIpc) is 2.74. The Morgan fingerprint density at radius 1 is 1.26 bits per heavy atom. The molecule has 1 aromatic rings. The van der Waals surface area contributed by atoms with Crippen molar-refractivity contribution in [2.45, 2.75) is 63.0 Å². The molecular formula is C17H25NO. The van der Waals surface area contributed by atoms with Gasteiger partial charge in [0.2, 0.25) is 0 Å². The summed E-state index contributed by atoms with van der Waals surface area (Å²) in [5, 5.41) is 13.9. The van der Waals surface area contributed by atoms with Crippen molar-refractivity contribution in [2.75, 3.05) is 6.54 Å². The van der Waals surface area contributed by atoms with Crippen LogP contribution in [0.15, 0.2) is 24.3 Å². The van der Waals surface area contributed by atoms with Crippen LogP contribution in [-0.2, 0) is 0 Å². The lowest BCUT2D eigenvalue weighted by Gasteiger charge is -2.38. The number of hydrogen-bond donors (Lipinski definition) is 2. The summed E-state index contributed by atoms with van der Waals surface area (Å²) in [6.45, 7) is 2.95. The Morgan fingerprint density at radius 3 is 2.68 bits per heavy atom. The van der Waals surface area contributed by atoms with Crippen LogP contribution in [0.5, 0.6) is 0 Å². The van der Waals surface area contributed by atoms with Crippen molar-refractivity contribution in [3.05, 3.63) is 35.4 Å². The first-order valence-electron chi connectivity index (χ1n) is 7.67. The summed E-state index contributed by atoms with van der Waals surface area (Å²) in [5.41, 5.74) is 2.43. The summed E-state index contributed by atoms with van der Waals surface area (Å²) < 4.78 is 0. The van der Waals surface area contributed by atoms with Gasteiger partial charge in [-0.25, -0.2) is 0 Å². The Morgan fingerprint density at radius 2 is 2.00 bits per heavy atom. The average molecular weight is 259 g/mol. The predicted octanol–water partition coefficient (Wildman–Crippen LogP) is 3.14. The van der Waals surface area contributed by atoms with E-state index in [-0.39, 0.29) is 0 Å². The fraction of sp³-hybridized carbons (Fsp3) is 0.647. The van der Waals surface area contributed by atoms with Gasteiger partial charge >= 0.3 is 0 Å². The van der Waals surface area contributed by atoms with Crippen LogP contribution < -0.4 is 5.32 Å². The highest BCUT2D eigenvalue weighted by Gasteiger charge is 2.35. The van der Waals surface area contributed by atoms with Crippen LogP contribution in [0, 0.1) is 6.92 Å². The van der Waals surface area contributed by atoms with Crippen LogP contribution >= 0.6 is 0 Å². The Labute approximate surface area is 116 Å².